The summed E-state index contributed by atoms with van der Waals surface area (Å²) in [6, 6.07) is 16.3. The highest BCUT2D eigenvalue weighted by Crippen LogP contribution is 2.45. The van der Waals surface area contributed by atoms with Gasteiger partial charge >= 0.3 is 0 Å². The van der Waals surface area contributed by atoms with Gasteiger partial charge in [0, 0.05) is 47.6 Å². The fourth-order valence-electron chi connectivity index (χ4n) is 5.55. The molecule has 5 heterocycles. The van der Waals surface area contributed by atoms with E-state index in [0.717, 1.165) is 28.8 Å². The van der Waals surface area contributed by atoms with Gasteiger partial charge in [0.05, 0.1) is 18.4 Å². The van der Waals surface area contributed by atoms with Crippen LogP contribution >= 0.6 is 11.3 Å². The number of hydrogen-bond acceptors (Lipinski definition) is 10. The third-order valence-corrected chi connectivity index (χ3v) is 12.0. The smallest absolute Gasteiger partial charge is 0.272 e. The highest BCUT2D eigenvalue weighted by Gasteiger charge is 2.50. The molecule has 2 atom stereocenters. The van der Waals surface area contributed by atoms with Gasteiger partial charge in [0.25, 0.3) is 5.91 Å². The monoisotopic (exact) mass is 636 g/mol. The number of amides is 2. The molecule has 0 aliphatic carbocycles. The quantitative estimate of drug-likeness (QED) is 0.275. The summed E-state index contributed by atoms with van der Waals surface area (Å²) in [5, 5.41) is 0. The molecule has 2 aliphatic rings. The average molecular weight is 637 g/mol. The lowest BCUT2D eigenvalue weighted by Crippen LogP contribution is -2.43. The first-order valence-electron chi connectivity index (χ1n) is 14.4. The molecular formula is C31H32N4O7S2. The number of nitrogens with zero attached hydrogens (tertiary/aromatic N) is 3. The van der Waals surface area contributed by atoms with Gasteiger partial charge < -0.3 is 14.1 Å². The summed E-state index contributed by atoms with van der Waals surface area (Å²) in [5.41, 5.74) is 4.43. The summed E-state index contributed by atoms with van der Waals surface area (Å²) in [7, 11) is -3.94. The van der Waals surface area contributed by atoms with Crippen molar-refractivity contribution in [2.75, 3.05) is 25.4 Å². The number of carbonyl (C=O) groups excluding carboxylic acids is 2. The molecule has 2 saturated heterocycles. The number of ether oxygens (including phenoxy) is 1. The van der Waals surface area contributed by atoms with E-state index < -0.39 is 26.8 Å². The van der Waals surface area contributed by atoms with Crippen LogP contribution in [0, 0.1) is 0 Å². The molecule has 0 spiro atoms. The molecule has 0 radical (unpaired) electrons. The standard InChI is InChI=1S/C31H32N4O7S2/c36-28(34-42-29-6-2-4-17-40-29)19-31(13-15-35(16-18-44(31,38)39)30(37)24-5-1-3-14-33-24)27-12-11-26(43-27)23-9-7-22(8-10-23)25-20-32-21-41-25/h1,3,5,7-12,14,20-21,29H,2,4,6,13,15-19H2,(H,34,36)/t29?,31-/m0/s1. The number of carbonyl (C=O) groups is 2. The zero-order valence-electron chi connectivity index (χ0n) is 23.9. The van der Waals surface area contributed by atoms with Crippen molar-refractivity contribution >= 4 is 33.0 Å². The molecule has 2 amide bonds. The Morgan fingerprint density at radius 2 is 1.91 bits per heavy atom. The maximum Gasteiger partial charge on any atom is 0.272 e. The Bertz CT molecular complexity index is 1690. The van der Waals surface area contributed by atoms with E-state index >= 15 is 0 Å². The molecule has 6 rings (SSSR count). The first kappa shape index (κ1) is 30.1. The second kappa shape index (κ2) is 13.0. The lowest BCUT2D eigenvalue weighted by atomic mass is 9.97. The fraction of sp³-hybridized carbons (Fsp3) is 0.355. The van der Waals surface area contributed by atoms with Crippen molar-refractivity contribution < 1.29 is 32.0 Å². The molecular weight excluding hydrogens is 604 g/mol. The first-order chi connectivity index (χ1) is 21.3. The highest BCUT2D eigenvalue weighted by atomic mass is 32.2. The normalized spacial score (nSPS) is 21.8. The molecule has 2 fully saturated rings. The zero-order valence-corrected chi connectivity index (χ0v) is 25.5. The van der Waals surface area contributed by atoms with Crippen molar-refractivity contribution in [2.24, 2.45) is 0 Å². The van der Waals surface area contributed by atoms with Gasteiger partial charge in [-0.1, -0.05) is 30.3 Å². The van der Waals surface area contributed by atoms with Crippen LogP contribution in [0.1, 0.15) is 47.5 Å². The van der Waals surface area contributed by atoms with Gasteiger partial charge in [0.2, 0.25) is 5.91 Å². The Morgan fingerprint density at radius 1 is 1.07 bits per heavy atom. The van der Waals surface area contributed by atoms with Gasteiger partial charge in [-0.05, 0) is 49.1 Å². The van der Waals surface area contributed by atoms with E-state index in [9.17, 15) is 18.0 Å². The van der Waals surface area contributed by atoms with Crippen LogP contribution in [0.25, 0.3) is 21.8 Å². The van der Waals surface area contributed by atoms with Crippen molar-refractivity contribution in [3.8, 4) is 21.8 Å². The molecule has 4 aromatic rings. The van der Waals surface area contributed by atoms with Crippen LogP contribution in [0.4, 0.5) is 0 Å². The minimum atomic E-state index is -3.94. The number of oxazole rings is 1. The van der Waals surface area contributed by atoms with Crippen LogP contribution in [0.3, 0.4) is 0 Å². The van der Waals surface area contributed by atoms with Crippen molar-refractivity contribution in [3.05, 3.63) is 84.0 Å². The second-order valence-corrected chi connectivity index (χ2v) is 14.3. The molecule has 1 N–H and O–H groups in total. The Morgan fingerprint density at radius 3 is 2.64 bits per heavy atom. The molecule has 230 valence electrons. The van der Waals surface area contributed by atoms with Gasteiger partial charge in [-0.2, -0.15) is 0 Å². The van der Waals surface area contributed by atoms with Crippen molar-refractivity contribution in [1.82, 2.24) is 20.3 Å². The molecule has 44 heavy (non-hydrogen) atoms. The summed E-state index contributed by atoms with van der Waals surface area (Å²) in [5.74, 6) is -0.579. The van der Waals surface area contributed by atoms with E-state index in [2.05, 4.69) is 15.4 Å². The van der Waals surface area contributed by atoms with E-state index in [1.165, 1.54) is 28.8 Å². The predicted molar refractivity (Wildman–Crippen MR) is 163 cm³/mol. The first-order valence-corrected chi connectivity index (χ1v) is 16.9. The largest absolute Gasteiger partial charge is 0.444 e. The number of sulfone groups is 1. The maximum absolute atomic E-state index is 14.2. The van der Waals surface area contributed by atoms with Gasteiger partial charge in [0.1, 0.15) is 10.4 Å². The van der Waals surface area contributed by atoms with Crippen LogP contribution in [-0.2, 0) is 29.0 Å². The Balaban J connectivity index is 1.29. The third kappa shape index (κ3) is 6.32. The highest BCUT2D eigenvalue weighted by molar-refractivity contribution is 7.92. The lowest BCUT2D eigenvalue weighted by molar-refractivity contribution is -0.200. The topological polar surface area (TPSA) is 141 Å². The number of pyridine rings is 1. The number of benzene rings is 1. The van der Waals surface area contributed by atoms with Gasteiger partial charge in [-0.25, -0.2) is 23.7 Å². The van der Waals surface area contributed by atoms with Crippen molar-refractivity contribution in [1.29, 1.82) is 0 Å². The molecule has 11 nitrogen and oxygen atoms in total. The van der Waals surface area contributed by atoms with Crippen LogP contribution < -0.4 is 5.48 Å². The van der Waals surface area contributed by atoms with E-state index in [1.807, 2.05) is 30.3 Å². The van der Waals surface area contributed by atoms with Crippen LogP contribution in [-0.4, -0.2) is 66.8 Å². The Labute approximate surface area is 259 Å². The summed E-state index contributed by atoms with van der Waals surface area (Å²) in [6.45, 7) is 0.665. The number of rotatable bonds is 8. The minimum absolute atomic E-state index is 0.00510. The average Bonchev–Trinajstić information content (AvgIpc) is 3.75. The van der Waals surface area contributed by atoms with E-state index in [0.29, 0.717) is 23.7 Å². The maximum atomic E-state index is 14.2. The number of aromatic nitrogens is 2. The van der Waals surface area contributed by atoms with Gasteiger partial charge in [0.15, 0.2) is 28.3 Å². The SMILES string of the molecule is O=C(C[C@]1(c2ccc(-c3ccc(-c4cnco4)cc3)s2)CCN(C(=O)c2ccccn2)CCS1(=O)=O)NOC1CCCCO1. The van der Waals surface area contributed by atoms with Gasteiger partial charge in [-0.3, -0.25) is 14.6 Å². The second-order valence-electron chi connectivity index (χ2n) is 10.8. The molecule has 2 aliphatic heterocycles. The van der Waals surface area contributed by atoms with Crippen LogP contribution in [0.2, 0.25) is 0 Å². The van der Waals surface area contributed by atoms with Crippen molar-refractivity contribution in [3.63, 3.8) is 0 Å². The molecule has 13 heteroatoms. The predicted octanol–water partition coefficient (Wildman–Crippen LogP) is 4.59. The summed E-state index contributed by atoms with van der Waals surface area (Å²) in [6.07, 6.45) is 6.10. The summed E-state index contributed by atoms with van der Waals surface area (Å²) in [4.78, 5) is 43.1. The molecule has 0 bridgehead atoms. The fourth-order valence-corrected chi connectivity index (χ4v) is 9.16. The van der Waals surface area contributed by atoms with Crippen LogP contribution in [0.15, 0.2) is 77.8 Å². The number of hydroxylamine groups is 1. The van der Waals surface area contributed by atoms with E-state index in [1.54, 1.807) is 30.5 Å². The zero-order chi connectivity index (χ0) is 30.6. The summed E-state index contributed by atoms with van der Waals surface area (Å²) < 4.78 is 37.7. The van der Waals surface area contributed by atoms with Gasteiger partial charge in [-0.15, -0.1) is 11.3 Å². The Hall–Kier alpha value is -3.91. The number of nitrogens with one attached hydrogen (secondary N) is 1. The summed E-state index contributed by atoms with van der Waals surface area (Å²) >= 11 is 1.32. The van der Waals surface area contributed by atoms with Crippen molar-refractivity contribution in [2.45, 2.75) is 43.1 Å². The molecule has 0 saturated carbocycles. The number of thiophene rings is 1. The molecule has 1 unspecified atom stereocenters. The van der Waals surface area contributed by atoms with Crippen LogP contribution in [0.5, 0.6) is 0 Å². The van der Waals surface area contributed by atoms with E-state index in [4.69, 9.17) is 14.0 Å². The third-order valence-electron chi connectivity index (χ3n) is 8.01. The molecule has 3 aromatic heterocycles. The lowest BCUT2D eigenvalue weighted by Gasteiger charge is -2.31. The van der Waals surface area contributed by atoms with E-state index in [-0.39, 0.29) is 43.3 Å². The number of hydrogen-bond donors (Lipinski definition) is 1. The Kier molecular flexibility index (Phi) is 8.89. The minimum Gasteiger partial charge on any atom is -0.444 e. The molecule has 1 aromatic carbocycles.